The Kier molecular flexibility index (Phi) is 4.49. The van der Waals surface area contributed by atoms with Crippen LogP contribution in [0.5, 0.6) is 5.75 Å². The number of nitrogens with one attached hydrogen (secondary N) is 1. The molecule has 118 valence electrons. The van der Waals surface area contributed by atoms with Gasteiger partial charge in [-0.05, 0) is 47.1 Å². The van der Waals surface area contributed by atoms with Gasteiger partial charge in [0.15, 0.2) is 11.7 Å². The minimum absolute atomic E-state index is 0.0520. The van der Waals surface area contributed by atoms with Gasteiger partial charge in [0.2, 0.25) is 0 Å². The lowest BCUT2D eigenvalue weighted by Gasteiger charge is -2.08. The summed E-state index contributed by atoms with van der Waals surface area (Å²) in [5.41, 5.74) is 8.32. The number of hydrogen-bond donors (Lipinski definition) is 2. The summed E-state index contributed by atoms with van der Waals surface area (Å²) in [6.07, 6.45) is 0. The topological polar surface area (TPSA) is 77.2 Å². The molecule has 1 heterocycles. The first-order chi connectivity index (χ1) is 11.0. The monoisotopic (exact) mass is 391 g/mol. The number of amides is 1. The summed E-state index contributed by atoms with van der Waals surface area (Å²) in [6.45, 7) is 1.94. The van der Waals surface area contributed by atoms with E-state index >= 15 is 0 Å². The second-order valence-corrected chi connectivity index (χ2v) is 6.92. The van der Waals surface area contributed by atoms with E-state index in [0.29, 0.717) is 16.6 Å². The van der Waals surface area contributed by atoms with E-state index < -0.39 is 0 Å². The van der Waals surface area contributed by atoms with Crippen LogP contribution in [-0.4, -0.2) is 17.5 Å². The Bertz CT molecular complexity index is 862. The van der Waals surface area contributed by atoms with Crippen LogP contribution in [-0.2, 0) is 4.79 Å². The first-order valence-corrected chi connectivity index (χ1v) is 8.47. The Morgan fingerprint density at radius 3 is 2.83 bits per heavy atom. The number of fused-ring (bicyclic) bond motifs is 1. The Balaban J connectivity index is 1.66. The number of anilines is 2. The number of aryl methyl sites for hydroxylation is 1. The molecule has 0 unspecified atom stereocenters. The highest BCUT2D eigenvalue weighted by Gasteiger charge is 2.10. The minimum atomic E-state index is -0.227. The third kappa shape index (κ3) is 3.80. The molecule has 0 saturated carbocycles. The number of benzene rings is 2. The van der Waals surface area contributed by atoms with Crippen LogP contribution >= 0.6 is 27.3 Å². The van der Waals surface area contributed by atoms with Crippen molar-refractivity contribution >= 4 is 54.2 Å². The van der Waals surface area contributed by atoms with E-state index in [0.717, 1.165) is 20.3 Å². The molecular formula is C16H14BrN3O2S. The number of rotatable bonds is 4. The fourth-order valence-corrected chi connectivity index (χ4v) is 3.54. The predicted molar refractivity (Wildman–Crippen MR) is 97.0 cm³/mol. The Hall–Kier alpha value is -2.12. The van der Waals surface area contributed by atoms with E-state index in [1.54, 1.807) is 6.07 Å². The highest BCUT2D eigenvalue weighted by molar-refractivity contribution is 9.10. The lowest BCUT2D eigenvalue weighted by atomic mass is 10.2. The van der Waals surface area contributed by atoms with Crippen molar-refractivity contribution in [3.63, 3.8) is 0 Å². The van der Waals surface area contributed by atoms with Gasteiger partial charge in [-0.15, -0.1) is 0 Å². The molecule has 0 aliphatic rings. The molecule has 2 aromatic carbocycles. The summed E-state index contributed by atoms with van der Waals surface area (Å²) < 4.78 is 7.16. The van der Waals surface area contributed by atoms with Crippen molar-refractivity contribution in [2.75, 3.05) is 17.7 Å². The van der Waals surface area contributed by atoms with Gasteiger partial charge in [-0.2, -0.15) is 0 Å². The lowest BCUT2D eigenvalue weighted by molar-refractivity contribution is -0.118. The zero-order valence-electron chi connectivity index (χ0n) is 12.3. The van der Waals surface area contributed by atoms with Crippen molar-refractivity contribution in [1.82, 2.24) is 4.98 Å². The van der Waals surface area contributed by atoms with Crippen molar-refractivity contribution < 1.29 is 9.53 Å². The number of nitrogens with zero attached hydrogens (tertiary/aromatic N) is 1. The number of carbonyl (C=O) groups excluding carboxylic acids is 1. The Morgan fingerprint density at radius 2 is 2.09 bits per heavy atom. The summed E-state index contributed by atoms with van der Waals surface area (Å²) in [5.74, 6) is 0.437. The van der Waals surface area contributed by atoms with Crippen molar-refractivity contribution in [2.45, 2.75) is 6.92 Å². The predicted octanol–water partition coefficient (Wildman–Crippen LogP) is 3.97. The van der Waals surface area contributed by atoms with Crippen LogP contribution in [0.2, 0.25) is 0 Å². The Morgan fingerprint density at radius 1 is 1.35 bits per heavy atom. The normalized spacial score (nSPS) is 10.7. The van der Waals surface area contributed by atoms with Crippen molar-refractivity contribution in [2.24, 2.45) is 0 Å². The highest BCUT2D eigenvalue weighted by Crippen LogP contribution is 2.32. The van der Waals surface area contributed by atoms with Gasteiger partial charge in [-0.25, -0.2) is 4.98 Å². The number of thiazole rings is 1. The molecule has 3 rings (SSSR count). The smallest absolute Gasteiger partial charge is 0.262 e. The third-order valence-electron chi connectivity index (χ3n) is 3.14. The summed E-state index contributed by atoms with van der Waals surface area (Å²) in [4.78, 5) is 16.2. The summed E-state index contributed by atoms with van der Waals surface area (Å²) >= 11 is 4.81. The molecule has 0 radical (unpaired) electrons. The van der Waals surface area contributed by atoms with Crippen LogP contribution in [0.3, 0.4) is 0 Å². The molecule has 0 aliphatic carbocycles. The van der Waals surface area contributed by atoms with Gasteiger partial charge in [0.05, 0.1) is 10.2 Å². The van der Waals surface area contributed by atoms with E-state index in [-0.39, 0.29) is 12.5 Å². The van der Waals surface area contributed by atoms with Gasteiger partial charge < -0.3 is 15.8 Å². The third-order valence-corrected chi connectivity index (χ3v) is 4.58. The standard InChI is InChI=1S/C16H14BrN3O2S/c1-9-2-4-11(5-3-9)22-8-14(21)19-10-6-12(17)15-13(7-10)23-16(18)20-15/h2-7H,8H2,1H3,(H2,18,20)(H,19,21). The highest BCUT2D eigenvalue weighted by atomic mass is 79.9. The fraction of sp³-hybridized carbons (Fsp3) is 0.125. The van der Waals surface area contributed by atoms with E-state index in [4.69, 9.17) is 10.5 Å². The lowest BCUT2D eigenvalue weighted by Crippen LogP contribution is -2.20. The van der Waals surface area contributed by atoms with Crippen LogP contribution in [0.15, 0.2) is 40.9 Å². The zero-order chi connectivity index (χ0) is 16.4. The van der Waals surface area contributed by atoms with E-state index in [2.05, 4.69) is 26.2 Å². The minimum Gasteiger partial charge on any atom is -0.484 e. The Labute approximate surface area is 145 Å². The maximum Gasteiger partial charge on any atom is 0.262 e. The molecule has 23 heavy (non-hydrogen) atoms. The molecule has 0 saturated heterocycles. The molecule has 1 aromatic heterocycles. The number of halogens is 1. The largest absolute Gasteiger partial charge is 0.484 e. The molecule has 3 N–H and O–H groups in total. The van der Waals surface area contributed by atoms with Crippen molar-refractivity contribution in [1.29, 1.82) is 0 Å². The molecule has 7 heteroatoms. The molecule has 5 nitrogen and oxygen atoms in total. The second kappa shape index (κ2) is 6.55. The molecule has 0 aliphatic heterocycles. The van der Waals surface area contributed by atoms with Crippen molar-refractivity contribution in [3.05, 3.63) is 46.4 Å². The maximum atomic E-state index is 12.0. The van der Waals surface area contributed by atoms with Crippen LogP contribution < -0.4 is 15.8 Å². The van der Waals surface area contributed by atoms with Gasteiger partial charge in [0, 0.05) is 10.2 Å². The summed E-state index contributed by atoms with van der Waals surface area (Å²) in [6, 6.07) is 11.2. The molecule has 1 amide bonds. The quantitative estimate of drug-likeness (QED) is 0.705. The molecule has 0 bridgehead atoms. The van der Waals surface area contributed by atoms with Gasteiger partial charge >= 0.3 is 0 Å². The molecule has 0 fully saturated rings. The molecule has 3 aromatic rings. The average Bonchev–Trinajstić information content (AvgIpc) is 2.88. The molecule has 0 spiro atoms. The maximum absolute atomic E-state index is 12.0. The zero-order valence-corrected chi connectivity index (χ0v) is 14.7. The first kappa shape index (κ1) is 15.8. The number of hydrogen-bond acceptors (Lipinski definition) is 5. The number of ether oxygens (including phenoxy) is 1. The van der Waals surface area contributed by atoms with E-state index in [9.17, 15) is 4.79 Å². The number of carbonyl (C=O) groups is 1. The van der Waals surface area contributed by atoms with E-state index in [1.807, 2.05) is 37.3 Å². The van der Waals surface area contributed by atoms with Gasteiger partial charge in [0.1, 0.15) is 5.75 Å². The van der Waals surface area contributed by atoms with Crippen LogP contribution in [0.25, 0.3) is 10.2 Å². The average molecular weight is 392 g/mol. The first-order valence-electron chi connectivity index (χ1n) is 6.86. The number of aromatic nitrogens is 1. The van der Waals surface area contributed by atoms with Gasteiger partial charge in [-0.1, -0.05) is 29.0 Å². The van der Waals surface area contributed by atoms with Crippen LogP contribution in [0, 0.1) is 6.92 Å². The molecular weight excluding hydrogens is 378 g/mol. The fourth-order valence-electron chi connectivity index (χ4n) is 2.06. The molecule has 0 atom stereocenters. The van der Waals surface area contributed by atoms with E-state index in [1.165, 1.54) is 11.3 Å². The van der Waals surface area contributed by atoms with Crippen LogP contribution in [0.1, 0.15) is 5.56 Å². The van der Waals surface area contributed by atoms with Gasteiger partial charge in [-0.3, -0.25) is 4.79 Å². The SMILES string of the molecule is Cc1ccc(OCC(=O)Nc2cc(Br)c3nc(N)sc3c2)cc1. The summed E-state index contributed by atoms with van der Waals surface area (Å²) in [7, 11) is 0. The second-order valence-electron chi connectivity index (χ2n) is 5.01. The van der Waals surface area contributed by atoms with Crippen LogP contribution in [0.4, 0.5) is 10.8 Å². The van der Waals surface area contributed by atoms with Gasteiger partial charge in [0.25, 0.3) is 5.91 Å². The van der Waals surface area contributed by atoms with Crippen molar-refractivity contribution in [3.8, 4) is 5.75 Å². The number of nitrogens with two attached hydrogens (primary N) is 1. The number of nitrogen functional groups attached to an aromatic ring is 1. The summed E-state index contributed by atoms with van der Waals surface area (Å²) in [5, 5.41) is 3.30.